The zero-order valence-corrected chi connectivity index (χ0v) is 17.2. The van der Waals surface area contributed by atoms with Crippen LogP contribution in [0.25, 0.3) is 0 Å². The summed E-state index contributed by atoms with van der Waals surface area (Å²) in [6.07, 6.45) is 2.96. The van der Waals surface area contributed by atoms with E-state index < -0.39 is 12.0 Å². The fraction of sp³-hybridized carbons (Fsp3) is 0.375. The van der Waals surface area contributed by atoms with Crippen molar-refractivity contribution in [3.05, 3.63) is 59.7 Å². The molecule has 2 aromatic rings. The number of carbonyl (C=O) groups excluding carboxylic acids is 3. The molecule has 0 spiro atoms. The summed E-state index contributed by atoms with van der Waals surface area (Å²) in [6.45, 7) is 1.19. The number of ether oxygens (including phenoxy) is 3. The Morgan fingerprint density at radius 1 is 0.903 bits per heavy atom. The van der Waals surface area contributed by atoms with Crippen molar-refractivity contribution >= 4 is 17.7 Å². The maximum absolute atomic E-state index is 12.9. The number of rotatable bonds is 5. The lowest BCUT2D eigenvalue weighted by atomic mass is 10.0. The van der Waals surface area contributed by atoms with E-state index in [1.807, 2.05) is 6.07 Å². The Bertz CT molecular complexity index is 958. The molecule has 1 unspecified atom stereocenters. The van der Waals surface area contributed by atoms with Gasteiger partial charge in [-0.1, -0.05) is 18.2 Å². The van der Waals surface area contributed by atoms with Crippen LogP contribution in [0.1, 0.15) is 46.4 Å². The lowest BCUT2D eigenvalue weighted by Gasteiger charge is -2.34. The zero-order valence-electron chi connectivity index (χ0n) is 17.2. The maximum Gasteiger partial charge on any atom is 0.329 e. The zero-order chi connectivity index (χ0) is 21.6. The summed E-state index contributed by atoms with van der Waals surface area (Å²) in [5.74, 6) is 0.0359. The lowest BCUT2D eigenvalue weighted by Crippen LogP contribution is -2.48. The normalized spacial score (nSPS) is 18.1. The highest BCUT2D eigenvalue weighted by Crippen LogP contribution is 2.30. The molecule has 7 heteroatoms. The topological polar surface area (TPSA) is 82.1 Å². The first kappa shape index (κ1) is 20.9. The van der Waals surface area contributed by atoms with Crippen LogP contribution in [-0.2, 0) is 9.53 Å². The Kier molecular flexibility index (Phi) is 6.50. The second-order valence-electron chi connectivity index (χ2n) is 7.62. The van der Waals surface area contributed by atoms with E-state index in [9.17, 15) is 14.4 Å². The first-order valence-electron chi connectivity index (χ1n) is 10.6. The number of ketones is 1. The van der Waals surface area contributed by atoms with E-state index in [4.69, 9.17) is 14.2 Å². The molecule has 2 heterocycles. The number of likely N-dealkylation sites (tertiary alicyclic amines) is 1. The van der Waals surface area contributed by atoms with Crippen LogP contribution in [0.15, 0.2) is 48.5 Å². The molecule has 2 aromatic carbocycles. The van der Waals surface area contributed by atoms with Crippen LogP contribution in [0.3, 0.4) is 0 Å². The fourth-order valence-electron chi connectivity index (χ4n) is 3.82. The van der Waals surface area contributed by atoms with E-state index in [0.29, 0.717) is 48.8 Å². The summed E-state index contributed by atoms with van der Waals surface area (Å²) in [4.78, 5) is 39.8. The first-order valence-corrected chi connectivity index (χ1v) is 10.6. The highest BCUT2D eigenvalue weighted by Gasteiger charge is 2.34. The molecule has 1 fully saturated rings. The Labute approximate surface area is 180 Å². The van der Waals surface area contributed by atoms with Gasteiger partial charge in [-0.2, -0.15) is 0 Å². The summed E-state index contributed by atoms with van der Waals surface area (Å²) in [6, 6.07) is 13.1. The number of hydrogen-bond donors (Lipinski definition) is 0. The Morgan fingerprint density at radius 3 is 2.48 bits per heavy atom. The minimum atomic E-state index is -0.682. The van der Waals surface area contributed by atoms with Crippen LogP contribution in [0, 0.1) is 0 Å². The van der Waals surface area contributed by atoms with Crippen LogP contribution in [-0.4, -0.2) is 55.0 Å². The van der Waals surface area contributed by atoms with Crippen molar-refractivity contribution in [1.29, 1.82) is 0 Å². The molecular weight excluding hydrogens is 398 g/mol. The Balaban J connectivity index is 1.39. The molecule has 31 heavy (non-hydrogen) atoms. The van der Waals surface area contributed by atoms with Gasteiger partial charge < -0.3 is 19.1 Å². The number of Topliss-reactive ketones (excluding diaryl/α,β-unsaturated/α-hetero) is 1. The van der Waals surface area contributed by atoms with E-state index in [2.05, 4.69) is 0 Å². The molecule has 0 N–H and O–H groups in total. The van der Waals surface area contributed by atoms with Gasteiger partial charge in [0.25, 0.3) is 5.91 Å². The van der Waals surface area contributed by atoms with E-state index in [-0.39, 0.29) is 18.3 Å². The van der Waals surface area contributed by atoms with Crippen LogP contribution in [0.4, 0.5) is 0 Å². The van der Waals surface area contributed by atoms with Gasteiger partial charge in [-0.15, -0.1) is 0 Å². The molecule has 4 rings (SSSR count). The molecule has 1 amide bonds. The Morgan fingerprint density at radius 2 is 1.68 bits per heavy atom. The smallest absolute Gasteiger partial charge is 0.329 e. The van der Waals surface area contributed by atoms with Crippen LogP contribution >= 0.6 is 0 Å². The van der Waals surface area contributed by atoms with Gasteiger partial charge in [0.1, 0.15) is 6.04 Å². The summed E-state index contributed by atoms with van der Waals surface area (Å²) < 4.78 is 16.5. The summed E-state index contributed by atoms with van der Waals surface area (Å²) in [7, 11) is 0. The largest absolute Gasteiger partial charge is 0.490 e. The van der Waals surface area contributed by atoms with E-state index in [1.165, 1.54) is 0 Å². The SMILES string of the molecule is O=C(COC(=O)C1CCCCN1C(=O)c1ccccc1)c1ccc2c(c1)OCCCO2. The van der Waals surface area contributed by atoms with Crippen molar-refractivity contribution in [2.45, 2.75) is 31.7 Å². The van der Waals surface area contributed by atoms with Gasteiger partial charge in [-0.05, 0) is 49.6 Å². The number of esters is 1. The number of benzene rings is 2. The van der Waals surface area contributed by atoms with Gasteiger partial charge in [-0.3, -0.25) is 9.59 Å². The monoisotopic (exact) mass is 423 g/mol. The van der Waals surface area contributed by atoms with Crippen molar-refractivity contribution in [3.8, 4) is 11.5 Å². The van der Waals surface area contributed by atoms with Gasteiger partial charge in [0.15, 0.2) is 23.9 Å². The number of piperidine rings is 1. The molecule has 1 atom stereocenters. The standard InChI is InChI=1S/C24H25NO6/c26-20(18-10-11-21-22(15-18)30-14-6-13-29-21)16-31-24(28)19-9-4-5-12-25(19)23(27)17-7-2-1-3-8-17/h1-3,7-8,10-11,15,19H,4-6,9,12-14,16H2. The molecule has 0 aliphatic carbocycles. The van der Waals surface area contributed by atoms with Crippen molar-refractivity contribution in [2.24, 2.45) is 0 Å². The van der Waals surface area contributed by atoms with Crippen molar-refractivity contribution in [1.82, 2.24) is 4.90 Å². The lowest BCUT2D eigenvalue weighted by molar-refractivity contribution is -0.149. The third-order valence-corrected chi connectivity index (χ3v) is 5.47. The van der Waals surface area contributed by atoms with Crippen LogP contribution < -0.4 is 9.47 Å². The number of nitrogens with zero attached hydrogens (tertiary/aromatic N) is 1. The van der Waals surface area contributed by atoms with E-state index in [0.717, 1.165) is 19.3 Å². The minimum Gasteiger partial charge on any atom is -0.490 e. The van der Waals surface area contributed by atoms with Gasteiger partial charge in [0.05, 0.1) is 13.2 Å². The summed E-state index contributed by atoms with van der Waals surface area (Å²) in [5.41, 5.74) is 0.920. The van der Waals surface area contributed by atoms with Gasteiger partial charge in [-0.25, -0.2) is 4.79 Å². The number of hydrogen-bond acceptors (Lipinski definition) is 6. The van der Waals surface area contributed by atoms with Crippen molar-refractivity contribution < 1.29 is 28.6 Å². The van der Waals surface area contributed by atoms with E-state index >= 15 is 0 Å². The molecule has 0 radical (unpaired) electrons. The highest BCUT2D eigenvalue weighted by molar-refractivity contribution is 5.99. The molecule has 162 valence electrons. The highest BCUT2D eigenvalue weighted by atomic mass is 16.5. The van der Waals surface area contributed by atoms with Gasteiger partial charge in [0, 0.05) is 24.1 Å². The fourth-order valence-corrected chi connectivity index (χ4v) is 3.82. The predicted molar refractivity (Wildman–Crippen MR) is 112 cm³/mol. The quantitative estimate of drug-likeness (QED) is 0.542. The van der Waals surface area contributed by atoms with Gasteiger partial charge in [0.2, 0.25) is 0 Å². The number of fused-ring (bicyclic) bond motifs is 1. The second kappa shape index (κ2) is 9.64. The number of carbonyl (C=O) groups is 3. The first-order chi connectivity index (χ1) is 15.1. The van der Waals surface area contributed by atoms with Crippen molar-refractivity contribution in [3.63, 3.8) is 0 Å². The average Bonchev–Trinajstić information content (AvgIpc) is 3.07. The summed E-state index contributed by atoms with van der Waals surface area (Å²) in [5, 5.41) is 0. The molecule has 0 aromatic heterocycles. The number of amides is 1. The predicted octanol–water partition coefficient (Wildman–Crippen LogP) is 3.27. The second-order valence-corrected chi connectivity index (χ2v) is 7.62. The molecule has 2 aliphatic rings. The molecule has 2 aliphatic heterocycles. The van der Waals surface area contributed by atoms with Crippen LogP contribution in [0.5, 0.6) is 11.5 Å². The molecule has 1 saturated heterocycles. The molecule has 7 nitrogen and oxygen atoms in total. The maximum atomic E-state index is 12.9. The molecule has 0 bridgehead atoms. The van der Waals surface area contributed by atoms with Gasteiger partial charge >= 0.3 is 5.97 Å². The average molecular weight is 423 g/mol. The molecular formula is C24H25NO6. The Hall–Kier alpha value is -3.35. The summed E-state index contributed by atoms with van der Waals surface area (Å²) >= 11 is 0. The van der Waals surface area contributed by atoms with Crippen LogP contribution in [0.2, 0.25) is 0 Å². The third kappa shape index (κ3) is 4.87. The minimum absolute atomic E-state index is 0.198. The van der Waals surface area contributed by atoms with Crippen molar-refractivity contribution in [2.75, 3.05) is 26.4 Å². The van der Waals surface area contributed by atoms with E-state index in [1.54, 1.807) is 47.4 Å². The third-order valence-electron chi connectivity index (χ3n) is 5.47. The molecule has 0 saturated carbocycles.